The van der Waals surface area contributed by atoms with Gasteiger partial charge in [0.25, 0.3) is 0 Å². The van der Waals surface area contributed by atoms with Gasteiger partial charge in [0.05, 0.1) is 13.1 Å². The van der Waals surface area contributed by atoms with Crippen molar-refractivity contribution in [3.63, 3.8) is 0 Å². The Hall–Kier alpha value is -3.28. The molecule has 2 aromatic carbocycles. The van der Waals surface area contributed by atoms with Crippen LogP contribution in [-0.2, 0) is 13.1 Å². The first-order valence-electron chi connectivity index (χ1n) is 9.86. The molecule has 0 aliphatic heterocycles. The Labute approximate surface area is 172 Å². The normalized spacial score (nSPS) is 12.4. The van der Waals surface area contributed by atoms with Crippen molar-refractivity contribution < 1.29 is 4.74 Å². The van der Waals surface area contributed by atoms with Crippen molar-refractivity contribution >= 4 is 5.96 Å². The van der Waals surface area contributed by atoms with Crippen LogP contribution in [0.1, 0.15) is 23.6 Å². The molecule has 2 N–H and O–H groups in total. The Kier molecular flexibility index (Phi) is 7.28. The number of nitrogens with one attached hydrogen (secondary N) is 2. The molecule has 6 heteroatoms. The molecule has 152 valence electrons. The maximum Gasteiger partial charge on any atom is 0.191 e. The molecule has 0 fully saturated rings. The first-order valence-corrected chi connectivity index (χ1v) is 9.86. The van der Waals surface area contributed by atoms with Crippen LogP contribution in [-0.4, -0.2) is 35.4 Å². The average Bonchev–Trinajstić information content (AvgIpc) is 3.24. The van der Waals surface area contributed by atoms with E-state index in [9.17, 15) is 0 Å². The maximum atomic E-state index is 6.03. The number of para-hydroxylation sites is 1. The summed E-state index contributed by atoms with van der Waals surface area (Å²) < 4.78 is 7.95. The van der Waals surface area contributed by atoms with Crippen molar-refractivity contribution in [2.24, 2.45) is 4.99 Å². The zero-order valence-electron chi connectivity index (χ0n) is 17.3. The monoisotopic (exact) mass is 391 g/mol. The summed E-state index contributed by atoms with van der Waals surface area (Å²) in [5.41, 5.74) is 3.58. The van der Waals surface area contributed by atoms with Crippen molar-refractivity contribution in [3.05, 3.63) is 83.7 Å². The summed E-state index contributed by atoms with van der Waals surface area (Å²) in [5, 5.41) is 11.0. The van der Waals surface area contributed by atoms with E-state index in [1.165, 1.54) is 11.1 Å². The Morgan fingerprint density at radius 1 is 1.07 bits per heavy atom. The second kappa shape index (κ2) is 10.3. The van der Waals surface area contributed by atoms with E-state index in [2.05, 4.69) is 58.0 Å². The van der Waals surface area contributed by atoms with E-state index in [1.54, 1.807) is 13.2 Å². The lowest BCUT2D eigenvalue weighted by Crippen LogP contribution is -2.41. The molecule has 3 aromatic rings. The Morgan fingerprint density at radius 2 is 1.83 bits per heavy atom. The van der Waals surface area contributed by atoms with E-state index in [4.69, 9.17) is 4.74 Å². The van der Waals surface area contributed by atoms with Crippen molar-refractivity contribution in [1.29, 1.82) is 0 Å². The van der Waals surface area contributed by atoms with Crippen molar-refractivity contribution in [1.82, 2.24) is 20.4 Å². The summed E-state index contributed by atoms with van der Waals surface area (Å²) in [7, 11) is 1.78. The highest BCUT2D eigenvalue weighted by Gasteiger charge is 2.08. The minimum atomic E-state index is 0.0155. The summed E-state index contributed by atoms with van der Waals surface area (Å²) in [6.45, 7) is 6.19. The van der Waals surface area contributed by atoms with Gasteiger partial charge in [0.2, 0.25) is 0 Å². The largest absolute Gasteiger partial charge is 0.489 e. The number of aryl methyl sites for hydroxylation is 1. The van der Waals surface area contributed by atoms with Crippen molar-refractivity contribution in [2.75, 3.05) is 13.6 Å². The molecule has 0 amide bonds. The molecule has 1 unspecified atom stereocenters. The van der Waals surface area contributed by atoms with Crippen molar-refractivity contribution in [3.8, 4) is 5.75 Å². The van der Waals surface area contributed by atoms with Gasteiger partial charge >= 0.3 is 0 Å². The van der Waals surface area contributed by atoms with E-state index in [0.29, 0.717) is 13.1 Å². The Morgan fingerprint density at radius 3 is 2.55 bits per heavy atom. The summed E-state index contributed by atoms with van der Waals surface area (Å²) in [6, 6.07) is 18.4. The van der Waals surface area contributed by atoms with E-state index < -0.39 is 0 Å². The summed E-state index contributed by atoms with van der Waals surface area (Å²) >= 11 is 0. The first-order chi connectivity index (χ1) is 14.2. The fourth-order valence-electron chi connectivity index (χ4n) is 3.04. The smallest absolute Gasteiger partial charge is 0.191 e. The molecule has 1 aromatic heterocycles. The van der Waals surface area contributed by atoms with Crippen LogP contribution >= 0.6 is 0 Å². The highest BCUT2D eigenvalue weighted by atomic mass is 16.5. The van der Waals surface area contributed by atoms with Gasteiger partial charge in [-0.2, -0.15) is 5.10 Å². The minimum Gasteiger partial charge on any atom is -0.489 e. The fraction of sp³-hybridized carbons (Fsp3) is 0.304. The third-order valence-electron chi connectivity index (χ3n) is 4.66. The SMILES string of the molecule is CN=C(NCc1ccccc1Cn1cccn1)NCC(C)Oc1ccccc1C. The number of ether oxygens (including phenoxy) is 1. The van der Waals surface area contributed by atoms with Crippen LogP contribution in [0.25, 0.3) is 0 Å². The molecule has 29 heavy (non-hydrogen) atoms. The molecule has 0 saturated carbocycles. The molecule has 6 nitrogen and oxygen atoms in total. The molecule has 0 radical (unpaired) electrons. The lowest BCUT2D eigenvalue weighted by molar-refractivity contribution is 0.222. The second-order valence-corrected chi connectivity index (χ2v) is 6.97. The first kappa shape index (κ1) is 20.5. The quantitative estimate of drug-likeness (QED) is 0.456. The molecule has 1 atom stereocenters. The van der Waals surface area contributed by atoms with Crippen molar-refractivity contribution in [2.45, 2.75) is 33.0 Å². The number of nitrogens with zero attached hydrogens (tertiary/aromatic N) is 3. The summed E-state index contributed by atoms with van der Waals surface area (Å²) in [5.74, 6) is 1.66. The molecule has 0 spiro atoms. The van der Waals surface area contributed by atoms with E-state index >= 15 is 0 Å². The maximum absolute atomic E-state index is 6.03. The van der Waals surface area contributed by atoms with Gasteiger partial charge in [0, 0.05) is 26.0 Å². The number of aliphatic imine (C=N–C) groups is 1. The van der Waals surface area contributed by atoms with Gasteiger partial charge in [-0.25, -0.2) is 0 Å². The molecule has 0 bridgehead atoms. The highest BCUT2D eigenvalue weighted by Crippen LogP contribution is 2.17. The fourth-order valence-corrected chi connectivity index (χ4v) is 3.04. The van der Waals surface area contributed by atoms with Gasteiger partial charge in [0.1, 0.15) is 11.9 Å². The molecule has 3 rings (SSSR count). The predicted octanol–water partition coefficient (Wildman–Crippen LogP) is 3.37. The second-order valence-electron chi connectivity index (χ2n) is 6.97. The third-order valence-corrected chi connectivity index (χ3v) is 4.66. The number of aromatic nitrogens is 2. The number of hydrogen-bond acceptors (Lipinski definition) is 3. The van der Waals surface area contributed by atoms with Gasteiger partial charge in [0.15, 0.2) is 5.96 Å². The predicted molar refractivity (Wildman–Crippen MR) is 117 cm³/mol. The summed E-state index contributed by atoms with van der Waals surface area (Å²) in [4.78, 5) is 4.33. The van der Waals surface area contributed by atoms with Crippen LogP contribution in [0.15, 0.2) is 72.0 Å². The summed E-state index contributed by atoms with van der Waals surface area (Å²) in [6.07, 6.45) is 3.79. The van der Waals surface area contributed by atoms with Gasteiger partial charge < -0.3 is 15.4 Å². The topological polar surface area (TPSA) is 63.5 Å². The van der Waals surface area contributed by atoms with Crippen LogP contribution in [0.3, 0.4) is 0 Å². The van der Waals surface area contributed by atoms with Gasteiger partial charge in [-0.15, -0.1) is 0 Å². The van der Waals surface area contributed by atoms with Gasteiger partial charge in [-0.3, -0.25) is 9.67 Å². The third kappa shape index (κ3) is 6.10. The molecule has 0 aliphatic rings. The lowest BCUT2D eigenvalue weighted by Gasteiger charge is -2.19. The Balaban J connectivity index is 1.51. The van der Waals surface area contributed by atoms with Crippen LogP contribution in [0.4, 0.5) is 0 Å². The minimum absolute atomic E-state index is 0.0155. The molecular weight excluding hydrogens is 362 g/mol. The number of benzene rings is 2. The molecular formula is C23H29N5O. The average molecular weight is 392 g/mol. The number of rotatable bonds is 8. The Bertz CT molecular complexity index is 921. The lowest BCUT2D eigenvalue weighted by atomic mass is 10.1. The van der Waals surface area contributed by atoms with Gasteiger partial charge in [-0.05, 0) is 42.7 Å². The highest BCUT2D eigenvalue weighted by molar-refractivity contribution is 5.79. The molecule has 1 heterocycles. The number of hydrogen-bond donors (Lipinski definition) is 2. The van der Waals surface area contributed by atoms with Crippen LogP contribution < -0.4 is 15.4 Å². The number of guanidine groups is 1. The van der Waals surface area contributed by atoms with E-state index in [-0.39, 0.29) is 6.10 Å². The van der Waals surface area contributed by atoms with Crippen LogP contribution in [0.2, 0.25) is 0 Å². The van der Waals surface area contributed by atoms with Crippen LogP contribution in [0, 0.1) is 6.92 Å². The van der Waals surface area contributed by atoms with Crippen LogP contribution in [0.5, 0.6) is 5.75 Å². The van der Waals surface area contributed by atoms with Gasteiger partial charge in [-0.1, -0.05) is 42.5 Å². The zero-order valence-corrected chi connectivity index (χ0v) is 17.3. The standard InChI is InChI=1S/C23H29N5O/c1-18-9-4-7-12-22(18)29-19(2)15-25-23(24-3)26-16-20-10-5-6-11-21(20)17-28-14-8-13-27-28/h4-14,19H,15-17H2,1-3H3,(H2,24,25,26). The zero-order chi connectivity index (χ0) is 20.5. The molecule has 0 aliphatic carbocycles. The molecule has 0 saturated heterocycles. The van der Waals surface area contributed by atoms with E-state index in [1.807, 2.05) is 42.1 Å². The van der Waals surface area contributed by atoms with E-state index in [0.717, 1.165) is 23.8 Å².